The predicted octanol–water partition coefficient (Wildman–Crippen LogP) is 2.87. The Hall–Kier alpha value is -2.08. The number of anilines is 1. The molecule has 1 N–H and O–H groups in total. The van der Waals surface area contributed by atoms with Crippen molar-refractivity contribution < 1.29 is 9.53 Å². The summed E-state index contributed by atoms with van der Waals surface area (Å²) in [6, 6.07) is 9.36. The van der Waals surface area contributed by atoms with Gasteiger partial charge in [0.2, 0.25) is 0 Å². The Morgan fingerprint density at radius 1 is 1.21 bits per heavy atom. The van der Waals surface area contributed by atoms with Crippen LogP contribution in [0, 0.1) is 0 Å². The minimum Gasteiger partial charge on any atom is -0.484 e. The van der Waals surface area contributed by atoms with Gasteiger partial charge in [-0.2, -0.15) is 0 Å². The molecule has 1 aromatic carbocycles. The number of hydrogen-bond acceptors (Lipinski definition) is 5. The summed E-state index contributed by atoms with van der Waals surface area (Å²) in [5.74, 6) is 0.601. The van der Waals surface area contributed by atoms with Crippen molar-refractivity contribution in [3.8, 4) is 5.75 Å². The maximum Gasteiger partial charge on any atom is 0.257 e. The zero-order valence-electron chi connectivity index (χ0n) is 13.7. The average Bonchev–Trinajstić information content (AvgIpc) is 3.11. The van der Waals surface area contributed by atoms with Crippen LogP contribution >= 0.6 is 11.3 Å². The van der Waals surface area contributed by atoms with Gasteiger partial charge in [0, 0.05) is 31.4 Å². The van der Waals surface area contributed by atoms with E-state index in [1.54, 1.807) is 11.3 Å². The number of hydrogen-bond donors (Lipinski definition) is 1. The van der Waals surface area contributed by atoms with Gasteiger partial charge in [-0.05, 0) is 31.4 Å². The summed E-state index contributed by atoms with van der Waals surface area (Å²) in [4.78, 5) is 18.8. The first-order valence-electron chi connectivity index (χ1n) is 8.45. The highest BCUT2D eigenvalue weighted by atomic mass is 32.1. The first-order valence-corrected chi connectivity index (χ1v) is 9.33. The van der Waals surface area contributed by atoms with Gasteiger partial charge in [0.25, 0.3) is 5.91 Å². The number of piperidine rings is 1. The number of rotatable bonds is 7. The third-order valence-corrected chi connectivity index (χ3v) is 4.93. The Labute approximate surface area is 146 Å². The Bertz CT molecular complexity index is 639. The summed E-state index contributed by atoms with van der Waals surface area (Å²) in [5, 5.41) is 6.09. The molecule has 5 nitrogen and oxygen atoms in total. The fourth-order valence-corrected chi connectivity index (χ4v) is 3.60. The summed E-state index contributed by atoms with van der Waals surface area (Å²) in [5.41, 5.74) is 1.05. The van der Waals surface area contributed by atoms with Crippen LogP contribution in [-0.4, -0.2) is 37.1 Å². The maximum atomic E-state index is 11.8. The van der Waals surface area contributed by atoms with Gasteiger partial charge < -0.3 is 15.0 Å². The lowest BCUT2D eigenvalue weighted by atomic mass is 10.1. The molecule has 0 atom stereocenters. The van der Waals surface area contributed by atoms with Gasteiger partial charge in [0.1, 0.15) is 5.75 Å². The molecule has 2 aromatic rings. The first kappa shape index (κ1) is 16.8. The van der Waals surface area contributed by atoms with Gasteiger partial charge >= 0.3 is 0 Å². The lowest BCUT2D eigenvalue weighted by molar-refractivity contribution is -0.123. The molecule has 1 aliphatic heterocycles. The first-order chi connectivity index (χ1) is 11.8. The minimum absolute atomic E-state index is 0.0418. The van der Waals surface area contributed by atoms with E-state index in [0.717, 1.165) is 30.3 Å². The van der Waals surface area contributed by atoms with Crippen molar-refractivity contribution in [2.45, 2.75) is 25.7 Å². The zero-order valence-corrected chi connectivity index (χ0v) is 14.6. The number of thiazole rings is 1. The molecule has 0 radical (unpaired) electrons. The van der Waals surface area contributed by atoms with E-state index in [4.69, 9.17) is 4.74 Å². The van der Waals surface area contributed by atoms with Gasteiger partial charge in [0.15, 0.2) is 11.7 Å². The van der Waals surface area contributed by atoms with Gasteiger partial charge in [-0.15, -0.1) is 11.3 Å². The topological polar surface area (TPSA) is 54.5 Å². The van der Waals surface area contributed by atoms with Crippen LogP contribution in [0.5, 0.6) is 5.75 Å². The van der Waals surface area contributed by atoms with Crippen molar-refractivity contribution in [1.82, 2.24) is 10.3 Å². The minimum atomic E-state index is -0.106. The molecule has 0 bridgehead atoms. The number of para-hydroxylation sites is 1. The molecule has 2 heterocycles. The fourth-order valence-electron chi connectivity index (χ4n) is 2.69. The molecular weight excluding hydrogens is 322 g/mol. The molecule has 1 fully saturated rings. The van der Waals surface area contributed by atoms with Gasteiger partial charge in [-0.3, -0.25) is 4.79 Å². The van der Waals surface area contributed by atoms with Crippen molar-refractivity contribution in [1.29, 1.82) is 0 Å². The largest absolute Gasteiger partial charge is 0.484 e. The number of nitrogens with zero attached hydrogens (tertiary/aromatic N) is 2. The van der Waals surface area contributed by atoms with Gasteiger partial charge in [0.05, 0.1) is 5.69 Å². The third kappa shape index (κ3) is 4.96. The molecule has 128 valence electrons. The highest BCUT2D eigenvalue weighted by molar-refractivity contribution is 7.13. The van der Waals surface area contributed by atoms with Crippen LogP contribution in [-0.2, 0) is 11.2 Å². The molecule has 0 aliphatic carbocycles. The number of aromatic nitrogens is 1. The van der Waals surface area contributed by atoms with E-state index in [1.165, 1.54) is 19.3 Å². The SMILES string of the molecule is O=C(COc1ccccc1)NCCc1csc(N2CCCCC2)n1. The second-order valence-corrected chi connectivity index (χ2v) is 6.71. The molecule has 0 spiro atoms. The number of nitrogens with one attached hydrogen (secondary N) is 1. The van der Waals surface area contributed by atoms with Crippen LogP contribution in [0.4, 0.5) is 5.13 Å². The van der Waals surface area contributed by atoms with Crippen molar-refractivity contribution >= 4 is 22.4 Å². The Balaban J connectivity index is 1.37. The van der Waals surface area contributed by atoms with Crippen LogP contribution in [0.15, 0.2) is 35.7 Å². The summed E-state index contributed by atoms with van der Waals surface area (Å²) < 4.78 is 5.42. The number of carbonyl (C=O) groups excluding carboxylic acids is 1. The van der Waals surface area contributed by atoms with Gasteiger partial charge in [-0.25, -0.2) is 4.98 Å². The van der Waals surface area contributed by atoms with Crippen molar-refractivity contribution in [3.63, 3.8) is 0 Å². The standard InChI is InChI=1S/C18H23N3O2S/c22-17(13-23-16-7-3-1-4-8-16)19-10-9-15-14-24-18(20-15)21-11-5-2-6-12-21/h1,3-4,7-8,14H,2,5-6,9-13H2,(H,19,22). The lowest BCUT2D eigenvalue weighted by Gasteiger charge is -2.25. The molecule has 0 unspecified atom stereocenters. The van der Waals surface area contributed by atoms with Crippen molar-refractivity contribution in [2.24, 2.45) is 0 Å². The van der Waals surface area contributed by atoms with Crippen molar-refractivity contribution in [3.05, 3.63) is 41.4 Å². The van der Waals surface area contributed by atoms with Crippen molar-refractivity contribution in [2.75, 3.05) is 31.1 Å². The molecule has 1 aliphatic rings. The van der Waals surface area contributed by atoms with E-state index >= 15 is 0 Å². The number of benzene rings is 1. The molecule has 6 heteroatoms. The smallest absolute Gasteiger partial charge is 0.257 e. The van der Waals surface area contributed by atoms with E-state index in [1.807, 2.05) is 30.3 Å². The summed E-state index contributed by atoms with van der Waals surface area (Å²) >= 11 is 1.70. The Morgan fingerprint density at radius 3 is 2.79 bits per heavy atom. The Morgan fingerprint density at radius 2 is 2.00 bits per heavy atom. The van der Waals surface area contributed by atoms with E-state index in [9.17, 15) is 4.79 Å². The average molecular weight is 345 g/mol. The maximum absolute atomic E-state index is 11.8. The van der Waals surface area contributed by atoms with Crippen LogP contribution in [0.2, 0.25) is 0 Å². The molecule has 0 saturated carbocycles. The summed E-state index contributed by atoms with van der Waals surface area (Å²) in [7, 11) is 0. The molecule has 1 aromatic heterocycles. The van der Waals surface area contributed by atoms with Crippen LogP contribution < -0.4 is 15.0 Å². The number of ether oxygens (including phenoxy) is 1. The highest BCUT2D eigenvalue weighted by Gasteiger charge is 2.14. The molecule has 24 heavy (non-hydrogen) atoms. The van der Waals surface area contributed by atoms with Gasteiger partial charge in [-0.1, -0.05) is 18.2 Å². The molecule has 3 rings (SSSR count). The zero-order chi connectivity index (χ0) is 16.6. The fraction of sp³-hybridized carbons (Fsp3) is 0.444. The normalized spacial score (nSPS) is 14.4. The van der Waals surface area contributed by atoms with E-state index in [0.29, 0.717) is 12.3 Å². The second-order valence-electron chi connectivity index (χ2n) is 5.87. The Kier molecular flexibility index (Phi) is 6.07. The number of carbonyl (C=O) groups is 1. The highest BCUT2D eigenvalue weighted by Crippen LogP contribution is 2.24. The van der Waals surface area contributed by atoms with E-state index < -0.39 is 0 Å². The summed E-state index contributed by atoms with van der Waals surface area (Å²) in [6.07, 6.45) is 4.59. The quantitative estimate of drug-likeness (QED) is 0.838. The summed E-state index contributed by atoms with van der Waals surface area (Å²) in [6.45, 7) is 2.85. The third-order valence-electron chi connectivity index (χ3n) is 3.98. The van der Waals surface area contributed by atoms with Crippen LogP contribution in [0.1, 0.15) is 25.0 Å². The monoisotopic (exact) mass is 345 g/mol. The van der Waals surface area contributed by atoms with E-state index in [-0.39, 0.29) is 12.5 Å². The second kappa shape index (κ2) is 8.68. The van der Waals surface area contributed by atoms with E-state index in [2.05, 4.69) is 20.6 Å². The molecule has 1 saturated heterocycles. The predicted molar refractivity (Wildman–Crippen MR) is 96.8 cm³/mol. The van der Waals surface area contributed by atoms with Crippen LogP contribution in [0.3, 0.4) is 0 Å². The molecular formula is C18H23N3O2S. The molecule has 1 amide bonds. The number of amides is 1. The lowest BCUT2D eigenvalue weighted by Crippen LogP contribution is -2.31. The van der Waals surface area contributed by atoms with Crippen LogP contribution in [0.25, 0.3) is 0 Å².